The van der Waals surface area contributed by atoms with Crippen molar-refractivity contribution in [1.82, 2.24) is 4.98 Å². The van der Waals surface area contributed by atoms with E-state index in [-0.39, 0.29) is 23.0 Å². The number of esters is 1. The van der Waals surface area contributed by atoms with Crippen molar-refractivity contribution in [2.45, 2.75) is 24.7 Å². The average Bonchev–Trinajstić information content (AvgIpc) is 3.30. The molecule has 0 bridgehead atoms. The van der Waals surface area contributed by atoms with Gasteiger partial charge in [0.05, 0.1) is 25.8 Å². The highest BCUT2D eigenvalue weighted by molar-refractivity contribution is 7.14. The van der Waals surface area contributed by atoms with Crippen LogP contribution in [-0.4, -0.2) is 47.9 Å². The third-order valence-corrected chi connectivity index (χ3v) is 5.94. The van der Waals surface area contributed by atoms with E-state index < -0.39 is 23.8 Å². The van der Waals surface area contributed by atoms with Crippen LogP contribution in [0.5, 0.6) is 5.75 Å². The Labute approximate surface area is 167 Å². The summed E-state index contributed by atoms with van der Waals surface area (Å²) in [5.41, 5.74) is -1.98. The predicted octanol–water partition coefficient (Wildman–Crippen LogP) is 2.98. The molecule has 4 rings (SSSR count). The number of fused-ring (bicyclic) bond motifs is 3. The number of rotatable bonds is 3. The summed E-state index contributed by atoms with van der Waals surface area (Å²) >= 11 is 0.769. The van der Waals surface area contributed by atoms with Crippen LogP contribution in [0.4, 0.5) is 18.3 Å². The second-order valence-electron chi connectivity index (χ2n) is 6.64. The maximum absolute atomic E-state index is 14.1. The Morgan fingerprint density at radius 3 is 2.79 bits per heavy atom. The van der Waals surface area contributed by atoms with E-state index in [2.05, 4.69) is 14.8 Å². The summed E-state index contributed by atoms with van der Waals surface area (Å²) in [6.45, 7) is 0. The van der Waals surface area contributed by atoms with Gasteiger partial charge in [-0.25, -0.2) is 9.78 Å². The molecule has 7 nitrogen and oxygen atoms in total. The van der Waals surface area contributed by atoms with E-state index in [4.69, 9.17) is 4.74 Å². The Morgan fingerprint density at radius 2 is 2.14 bits per heavy atom. The number of hydrogen-bond donors (Lipinski definition) is 1. The number of hydrogen-bond acceptors (Lipinski definition) is 8. The molecule has 1 aromatic carbocycles. The summed E-state index contributed by atoms with van der Waals surface area (Å²) in [5, 5.41) is 16.5. The first-order valence-corrected chi connectivity index (χ1v) is 9.47. The molecule has 0 radical (unpaired) electrons. The van der Waals surface area contributed by atoms with Crippen LogP contribution < -0.4 is 9.75 Å². The fraction of sp³-hybridized carbons (Fsp3) is 0.389. The van der Waals surface area contributed by atoms with Gasteiger partial charge in [0.15, 0.2) is 5.69 Å². The van der Waals surface area contributed by atoms with Gasteiger partial charge in [-0.1, -0.05) is 0 Å². The lowest BCUT2D eigenvalue weighted by Crippen LogP contribution is -2.60. The van der Waals surface area contributed by atoms with Crippen LogP contribution in [0.2, 0.25) is 0 Å². The maximum atomic E-state index is 14.1. The van der Waals surface area contributed by atoms with Crippen molar-refractivity contribution in [2.24, 2.45) is 11.0 Å². The van der Waals surface area contributed by atoms with Crippen LogP contribution in [0.3, 0.4) is 0 Å². The molecular weight excluding hydrogens is 411 g/mol. The second-order valence-corrected chi connectivity index (χ2v) is 7.48. The Balaban J connectivity index is 1.84. The van der Waals surface area contributed by atoms with Crippen molar-refractivity contribution in [3.8, 4) is 5.75 Å². The number of halogens is 3. The minimum atomic E-state index is -5.01. The zero-order chi connectivity index (χ0) is 21.0. The average molecular weight is 427 g/mol. The van der Waals surface area contributed by atoms with Crippen LogP contribution in [0, 0.1) is 5.92 Å². The monoisotopic (exact) mass is 427 g/mol. The number of carbonyl (C=O) groups excluding carboxylic acids is 1. The predicted molar refractivity (Wildman–Crippen MR) is 98.3 cm³/mol. The molecule has 29 heavy (non-hydrogen) atoms. The summed E-state index contributed by atoms with van der Waals surface area (Å²) in [6, 6.07) is 5.03. The highest BCUT2D eigenvalue weighted by Gasteiger charge is 2.68. The molecule has 0 spiro atoms. The van der Waals surface area contributed by atoms with E-state index in [1.165, 1.54) is 12.5 Å². The molecule has 2 heterocycles. The van der Waals surface area contributed by atoms with Gasteiger partial charge in [0.25, 0.3) is 5.72 Å². The van der Waals surface area contributed by atoms with Gasteiger partial charge in [0.1, 0.15) is 5.75 Å². The third-order valence-electron chi connectivity index (χ3n) is 5.12. The lowest BCUT2D eigenvalue weighted by molar-refractivity contribution is -0.268. The number of aromatic nitrogens is 1. The first kappa shape index (κ1) is 19.6. The van der Waals surface area contributed by atoms with E-state index in [9.17, 15) is 23.1 Å². The van der Waals surface area contributed by atoms with E-state index in [1.54, 1.807) is 18.2 Å². The molecule has 2 aliphatic rings. The fourth-order valence-electron chi connectivity index (χ4n) is 3.69. The van der Waals surface area contributed by atoms with Gasteiger partial charge in [-0.15, -0.1) is 11.3 Å². The molecule has 1 N–H and O–H groups in total. The SMILES string of the molecule is COC(=O)c1csc(N2N=C3c4ccc(OC)cc4CC[C@H]3[C@]2(O)C(F)(F)F)n1. The lowest BCUT2D eigenvalue weighted by atomic mass is 9.77. The minimum Gasteiger partial charge on any atom is -0.497 e. The van der Waals surface area contributed by atoms with Gasteiger partial charge < -0.3 is 14.6 Å². The number of alkyl halides is 3. The van der Waals surface area contributed by atoms with Crippen LogP contribution >= 0.6 is 11.3 Å². The molecule has 2 aromatic rings. The van der Waals surface area contributed by atoms with E-state index in [0.29, 0.717) is 22.7 Å². The van der Waals surface area contributed by atoms with Crippen molar-refractivity contribution < 1.29 is 32.5 Å². The molecular formula is C18H16F3N3O4S. The smallest absolute Gasteiger partial charge is 0.439 e. The van der Waals surface area contributed by atoms with Crippen LogP contribution in [0.15, 0.2) is 28.7 Å². The van der Waals surface area contributed by atoms with Gasteiger partial charge in [0.2, 0.25) is 5.13 Å². The Bertz CT molecular complexity index is 1010. The first-order valence-electron chi connectivity index (χ1n) is 8.59. The number of carbonyl (C=O) groups is 1. The van der Waals surface area contributed by atoms with Gasteiger partial charge >= 0.3 is 12.1 Å². The molecule has 0 saturated heterocycles. The topological polar surface area (TPSA) is 84.2 Å². The number of aliphatic hydroxyl groups is 1. The molecule has 1 aliphatic heterocycles. The van der Waals surface area contributed by atoms with E-state index >= 15 is 0 Å². The van der Waals surface area contributed by atoms with Crippen molar-refractivity contribution in [2.75, 3.05) is 19.2 Å². The lowest BCUT2D eigenvalue weighted by Gasteiger charge is -2.38. The Morgan fingerprint density at radius 1 is 1.38 bits per heavy atom. The van der Waals surface area contributed by atoms with Crippen LogP contribution in [0.1, 0.15) is 28.0 Å². The Kier molecular flexibility index (Phi) is 4.54. The molecule has 11 heteroatoms. The van der Waals surface area contributed by atoms with Gasteiger partial charge in [-0.2, -0.15) is 23.3 Å². The van der Waals surface area contributed by atoms with Crippen LogP contribution in [-0.2, 0) is 11.2 Å². The number of nitrogens with zero attached hydrogens (tertiary/aromatic N) is 3. The zero-order valence-corrected chi connectivity index (χ0v) is 16.2. The second kappa shape index (κ2) is 6.70. The fourth-order valence-corrected chi connectivity index (χ4v) is 4.49. The molecule has 0 amide bonds. The number of thiazole rings is 1. The van der Waals surface area contributed by atoms with E-state index in [0.717, 1.165) is 24.0 Å². The number of aryl methyl sites for hydroxylation is 1. The first-order chi connectivity index (χ1) is 13.7. The van der Waals surface area contributed by atoms with Gasteiger partial charge in [-0.3, -0.25) is 0 Å². The summed E-state index contributed by atoms with van der Waals surface area (Å²) in [7, 11) is 2.65. The van der Waals surface area contributed by atoms with Gasteiger partial charge in [-0.05, 0) is 36.6 Å². The highest BCUT2D eigenvalue weighted by atomic mass is 32.1. The quantitative estimate of drug-likeness (QED) is 0.759. The molecule has 2 atom stereocenters. The molecule has 1 aliphatic carbocycles. The molecule has 154 valence electrons. The normalized spacial score (nSPS) is 23.3. The number of hydrazone groups is 1. The summed E-state index contributed by atoms with van der Waals surface area (Å²) in [4.78, 5) is 15.5. The third kappa shape index (κ3) is 2.87. The molecule has 0 saturated carbocycles. The molecule has 1 aromatic heterocycles. The van der Waals surface area contributed by atoms with Crippen molar-refractivity contribution >= 4 is 28.1 Å². The number of anilines is 1. The number of ether oxygens (including phenoxy) is 2. The van der Waals surface area contributed by atoms with Crippen molar-refractivity contribution in [3.05, 3.63) is 40.4 Å². The summed E-state index contributed by atoms with van der Waals surface area (Å²) in [6.07, 6.45) is -4.64. The highest BCUT2D eigenvalue weighted by Crippen LogP contribution is 2.50. The van der Waals surface area contributed by atoms with Crippen molar-refractivity contribution in [1.29, 1.82) is 0 Å². The van der Waals surface area contributed by atoms with Crippen molar-refractivity contribution in [3.63, 3.8) is 0 Å². The number of benzene rings is 1. The standard InChI is InChI=1S/C18H16F3N3O4S/c1-27-10-4-5-11-9(7-10)3-6-12-14(11)23-24(17(12,26)18(19,20)21)16-22-13(8-29-16)15(25)28-2/h4-5,7-8,12,26H,3,6H2,1-2H3/t12-,17+/m1/s1. The summed E-state index contributed by atoms with van der Waals surface area (Å²) in [5.74, 6) is -1.50. The molecule has 0 unspecified atom stereocenters. The zero-order valence-electron chi connectivity index (χ0n) is 15.4. The van der Waals surface area contributed by atoms with Crippen LogP contribution in [0.25, 0.3) is 0 Å². The van der Waals surface area contributed by atoms with Gasteiger partial charge in [0, 0.05) is 10.9 Å². The Hall–Kier alpha value is -2.66. The number of methoxy groups -OCH3 is 2. The molecule has 0 fully saturated rings. The summed E-state index contributed by atoms with van der Waals surface area (Å²) < 4.78 is 52.0. The largest absolute Gasteiger partial charge is 0.497 e. The maximum Gasteiger partial charge on any atom is 0.439 e. The van der Waals surface area contributed by atoms with E-state index in [1.807, 2.05) is 0 Å². The minimum absolute atomic E-state index is 0.0424.